The molecule has 118 valence electrons. The molecule has 2 nitrogen and oxygen atoms in total. The molecule has 0 saturated heterocycles. The van der Waals surface area contributed by atoms with Crippen molar-refractivity contribution in [2.75, 3.05) is 7.05 Å². The van der Waals surface area contributed by atoms with Gasteiger partial charge in [-0.25, -0.2) is 0 Å². The van der Waals surface area contributed by atoms with Crippen LogP contribution in [0, 0.1) is 12.8 Å². The fourth-order valence-electron chi connectivity index (χ4n) is 3.70. The Labute approximate surface area is 133 Å². The molecule has 1 aromatic heterocycles. The van der Waals surface area contributed by atoms with Crippen molar-refractivity contribution < 1.29 is 0 Å². The summed E-state index contributed by atoms with van der Waals surface area (Å²) in [6.45, 7) is 6.92. The average Bonchev–Trinajstić information content (AvgIpc) is 3.22. The third kappa shape index (κ3) is 4.08. The first-order valence-electron chi connectivity index (χ1n) is 8.65. The summed E-state index contributed by atoms with van der Waals surface area (Å²) < 4.78 is 0. The molecule has 2 atom stereocenters. The molecule has 2 aliphatic carbocycles. The molecule has 2 unspecified atom stereocenters. The molecule has 0 radical (unpaired) electrons. The van der Waals surface area contributed by atoms with E-state index in [1.54, 1.807) is 5.56 Å². The van der Waals surface area contributed by atoms with Gasteiger partial charge in [-0.05, 0) is 57.2 Å². The topological polar surface area (TPSA) is 15.3 Å². The standard InChI is InChI=1S/C18H30N2S/c1-13-6-4-5-7-18(13)20(3)12-15-10-17(21-14(15)2)11-19-16-8-9-16/h10,13,16,18-19H,4-9,11-12H2,1-3H3. The van der Waals surface area contributed by atoms with Crippen LogP contribution in [0.2, 0.25) is 0 Å². The van der Waals surface area contributed by atoms with Gasteiger partial charge < -0.3 is 5.32 Å². The highest BCUT2D eigenvalue weighted by atomic mass is 32.1. The van der Waals surface area contributed by atoms with Crippen LogP contribution >= 0.6 is 11.3 Å². The molecular formula is C18H30N2S. The van der Waals surface area contributed by atoms with E-state index < -0.39 is 0 Å². The van der Waals surface area contributed by atoms with Gasteiger partial charge in [0.2, 0.25) is 0 Å². The molecule has 1 aromatic rings. The van der Waals surface area contributed by atoms with E-state index in [2.05, 4.69) is 37.2 Å². The lowest BCUT2D eigenvalue weighted by Crippen LogP contribution is -2.38. The Hall–Kier alpha value is -0.380. The summed E-state index contributed by atoms with van der Waals surface area (Å²) in [6.07, 6.45) is 8.39. The van der Waals surface area contributed by atoms with Crippen LogP contribution in [0.5, 0.6) is 0 Å². The van der Waals surface area contributed by atoms with Gasteiger partial charge in [0.25, 0.3) is 0 Å². The average molecular weight is 307 g/mol. The highest BCUT2D eigenvalue weighted by Crippen LogP contribution is 2.30. The molecule has 2 saturated carbocycles. The van der Waals surface area contributed by atoms with E-state index in [9.17, 15) is 0 Å². The Morgan fingerprint density at radius 2 is 2.00 bits per heavy atom. The third-order valence-electron chi connectivity index (χ3n) is 5.27. The molecule has 2 fully saturated rings. The lowest BCUT2D eigenvalue weighted by Gasteiger charge is -2.36. The zero-order chi connectivity index (χ0) is 14.8. The molecule has 3 rings (SSSR count). The summed E-state index contributed by atoms with van der Waals surface area (Å²) in [5.41, 5.74) is 1.55. The van der Waals surface area contributed by atoms with Crippen LogP contribution in [0.1, 0.15) is 60.8 Å². The van der Waals surface area contributed by atoms with Crippen LogP contribution in [0.3, 0.4) is 0 Å². The number of hydrogen-bond donors (Lipinski definition) is 1. The number of nitrogens with zero attached hydrogens (tertiary/aromatic N) is 1. The van der Waals surface area contributed by atoms with E-state index in [1.807, 2.05) is 11.3 Å². The molecule has 1 N–H and O–H groups in total. The molecule has 0 spiro atoms. The summed E-state index contributed by atoms with van der Waals surface area (Å²) in [6, 6.07) is 4.03. The molecule has 21 heavy (non-hydrogen) atoms. The smallest absolute Gasteiger partial charge is 0.0302 e. The van der Waals surface area contributed by atoms with E-state index >= 15 is 0 Å². The Kier molecular flexibility index (Phi) is 5.03. The molecule has 0 aliphatic heterocycles. The lowest BCUT2D eigenvalue weighted by atomic mass is 9.85. The van der Waals surface area contributed by atoms with Crippen LogP contribution < -0.4 is 5.32 Å². The number of hydrogen-bond acceptors (Lipinski definition) is 3. The highest BCUT2D eigenvalue weighted by molar-refractivity contribution is 7.12. The van der Waals surface area contributed by atoms with Gasteiger partial charge in [0.1, 0.15) is 0 Å². The van der Waals surface area contributed by atoms with Crippen LogP contribution in [-0.4, -0.2) is 24.0 Å². The van der Waals surface area contributed by atoms with Gasteiger partial charge in [-0.1, -0.05) is 19.8 Å². The van der Waals surface area contributed by atoms with E-state index in [4.69, 9.17) is 0 Å². The quantitative estimate of drug-likeness (QED) is 0.842. The molecule has 3 heteroatoms. The van der Waals surface area contributed by atoms with Crippen LogP contribution in [-0.2, 0) is 13.1 Å². The minimum atomic E-state index is 0.783. The third-order valence-corrected chi connectivity index (χ3v) is 6.36. The molecule has 2 aliphatic rings. The predicted molar refractivity (Wildman–Crippen MR) is 91.8 cm³/mol. The first-order chi connectivity index (χ1) is 10.1. The predicted octanol–water partition coefficient (Wildman–Crippen LogP) is 4.32. The summed E-state index contributed by atoms with van der Waals surface area (Å²) in [5.74, 6) is 0.860. The van der Waals surface area contributed by atoms with Crippen molar-refractivity contribution in [3.05, 3.63) is 21.4 Å². The monoisotopic (exact) mass is 306 g/mol. The summed E-state index contributed by atoms with van der Waals surface area (Å²) in [5, 5.41) is 3.63. The van der Waals surface area contributed by atoms with Gasteiger partial charge in [0, 0.05) is 34.9 Å². The number of aryl methyl sites for hydroxylation is 1. The maximum Gasteiger partial charge on any atom is 0.0302 e. The summed E-state index contributed by atoms with van der Waals surface area (Å²) >= 11 is 1.98. The maximum atomic E-state index is 3.63. The van der Waals surface area contributed by atoms with Crippen molar-refractivity contribution in [1.82, 2.24) is 10.2 Å². The van der Waals surface area contributed by atoms with Gasteiger partial charge in [0.05, 0.1) is 0 Å². The highest BCUT2D eigenvalue weighted by Gasteiger charge is 2.25. The minimum absolute atomic E-state index is 0.783. The van der Waals surface area contributed by atoms with Crippen molar-refractivity contribution in [3.63, 3.8) is 0 Å². The minimum Gasteiger partial charge on any atom is -0.309 e. The van der Waals surface area contributed by atoms with Crippen molar-refractivity contribution in [2.45, 2.75) is 77.5 Å². The fourth-order valence-corrected chi connectivity index (χ4v) is 4.71. The van der Waals surface area contributed by atoms with E-state index in [1.165, 1.54) is 48.3 Å². The maximum absolute atomic E-state index is 3.63. The Balaban J connectivity index is 1.57. The van der Waals surface area contributed by atoms with Crippen molar-refractivity contribution in [2.24, 2.45) is 5.92 Å². The van der Waals surface area contributed by atoms with E-state index in [0.717, 1.165) is 31.1 Å². The van der Waals surface area contributed by atoms with E-state index in [-0.39, 0.29) is 0 Å². The molecule has 0 bridgehead atoms. The normalized spacial score (nSPS) is 26.5. The molecule has 0 amide bonds. The number of rotatable bonds is 6. The Morgan fingerprint density at radius 1 is 1.24 bits per heavy atom. The number of thiophene rings is 1. The zero-order valence-electron chi connectivity index (χ0n) is 13.8. The molecule has 1 heterocycles. The SMILES string of the molecule is Cc1sc(CNC2CC2)cc1CN(C)C1CCCCC1C. The van der Waals surface area contributed by atoms with Crippen molar-refractivity contribution in [3.8, 4) is 0 Å². The Morgan fingerprint density at radius 3 is 2.71 bits per heavy atom. The second-order valence-electron chi connectivity index (χ2n) is 7.19. The van der Waals surface area contributed by atoms with E-state index in [0.29, 0.717) is 0 Å². The first-order valence-corrected chi connectivity index (χ1v) is 9.47. The second kappa shape index (κ2) is 6.80. The van der Waals surface area contributed by atoms with Crippen LogP contribution in [0.25, 0.3) is 0 Å². The fraction of sp³-hybridized carbons (Fsp3) is 0.778. The molecular weight excluding hydrogens is 276 g/mol. The van der Waals surface area contributed by atoms with Crippen molar-refractivity contribution in [1.29, 1.82) is 0 Å². The van der Waals surface area contributed by atoms with Crippen LogP contribution in [0.15, 0.2) is 6.07 Å². The van der Waals surface area contributed by atoms with Gasteiger partial charge >= 0.3 is 0 Å². The second-order valence-corrected chi connectivity index (χ2v) is 8.53. The Bertz CT molecular complexity index is 464. The van der Waals surface area contributed by atoms with Gasteiger partial charge in [-0.3, -0.25) is 4.90 Å². The first kappa shape index (κ1) is 15.5. The van der Waals surface area contributed by atoms with Crippen LogP contribution in [0.4, 0.5) is 0 Å². The van der Waals surface area contributed by atoms with Gasteiger partial charge in [-0.2, -0.15) is 0 Å². The van der Waals surface area contributed by atoms with Gasteiger partial charge in [-0.15, -0.1) is 11.3 Å². The lowest BCUT2D eigenvalue weighted by molar-refractivity contribution is 0.133. The molecule has 0 aromatic carbocycles. The van der Waals surface area contributed by atoms with Crippen molar-refractivity contribution >= 4 is 11.3 Å². The zero-order valence-corrected chi connectivity index (χ0v) is 14.6. The largest absolute Gasteiger partial charge is 0.309 e. The van der Waals surface area contributed by atoms with Gasteiger partial charge in [0.15, 0.2) is 0 Å². The summed E-state index contributed by atoms with van der Waals surface area (Å²) in [7, 11) is 2.33. The number of nitrogens with one attached hydrogen (secondary N) is 1. The summed E-state index contributed by atoms with van der Waals surface area (Å²) in [4.78, 5) is 5.63.